The second-order valence-corrected chi connectivity index (χ2v) is 5.73. The molecule has 0 aromatic heterocycles. The van der Waals surface area contributed by atoms with Gasteiger partial charge >= 0.3 is 0 Å². The maximum atomic E-state index is 12.9. The molecule has 3 heteroatoms. The van der Waals surface area contributed by atoms with Gasteiger partial charge in [0.1, 0.15) is 0 Å². The predicted octanol–water partition coefficient (Wildman–Crippen LogP) is 3.35. The first-order chi connectivity index (χ1) is 10.1. The van der Waals surface area contributed by atoms with Crippen molar-refractivity contribution in [3.05, 3.63) is 64.7 Å². The molecule has 2 aromatic rings. The number of carbonyl (C=O) groups is 1. The molecular weight excluding hydrogens is 260 g/mol. The van der Waals surface area contributed by atoms with Gasteiger partial charge in [-0.2, -0.15) is 0 Å². The predicted molar refractivity (Wildman–Crippen MR) is 85.6 cm³/mol. The molecule has 21 heavy (non-hydrogen) atoms. The lowest BCUT2D eigenvalue weighted by atomic mass is 9.95. The third kappa shape index (κ3) is 2.45. The Bertz CT molecular complexity index is 693. The highest BCUT2D eigenvalue weighted by molar-refractivity contribution is 6.07. The molecule has 0 radical (unpaired) electrons. The molecule has 0 aliphatic carbocycles. The first kappa shape index (κ1) is 13.8. The number of amides is 1. The number of benzene rings is 2. The Morgan fingerprint density at radius 2 is 1.95 bits per heavy atom. The Labute approximate surface area is 125 Å². The number of fused-ring (bicyclic) bond motifs is 1. The van der Waals surface area contributed by atoms with Gasteiger partial charge in [-0.15, -0.1) is 0 Å². The van der Waals surface area contributed by atoms with Crippen LogP contribution >= 0.6 is 0 Å². The van der Waals surface area contributed by atoms with Crippen LogP contribution < -0.4 is 10.6 Å². The molecule has 0 spiro atoms. The summed E-state index contributed by atoms with van der Waals surface area (Å²) in [7, 11) is 0. The Kier molecular flexibility index (Phi) is 3.52. The minimum Gasteiger partial charge on any atom is -0.324 e. The molecule has 2 N–H and O–H groups in total. The number of rotatable bonds is 1. The molecule has 0 fully saturated rings. The van der Waals surface area contributed by atoms with E-state index >= 15 is 0 Å². The first-order valence-corrected chi connectivity index (χ1v) is 7.31. The van der Waals surface area contributed by atoms with Gasteiger partial charge in [-0.25, -0.2) is 0 Å². The molecular formula is C18H20N2O. The number of hydrogen-bond donors (Lipinski definition) is 1. The summed E-state index contributed by atoms with van der Waals surface area (Å²) in [4.78, 5) is 14.8. The quantitative estimate of drug-likeness (QED) is 0.870. The monoisotopic (exact) mass is 280 g/mol. The fourth-order valence-electron chi connectivity index (χ4n) is 2.91. The Morgan fingerprint density at radius 3 is 2.76 bits per heavy atom. The van der Waals surface area contributed by atoms with Crippen LogP contribution in [0.1, 0.15) is 39.5 Å². The van der Waals surface area contributed by atoms with Crippen molar-refractivity contribution < 1.29 is 4.79 Å². The third-order valence-corrected chi connectivity index (χ3v) is 4.16. The number of carbonyl (C=O) groups excluding carboxylic acids is 1. The summed E-state index contributed by atoms with van der Waals surface area (Å²) in [6, 6.07) is 14.0. The maximum Gasteiger partial charge on any atom is 0.258 e. The van der Waals surface area contributed by atoms with Crippen molar-refractivity contribution in [3.63, 3.8) is 0 Å². The minimum absolute atomic E-state index is 0.0175. The van der Waals surface area contributed by atoms with E-state index in [2.05, 4.69) is 0 Å². The van der Waals surface area contributed by atoms with Crippen molar-refractivity contribution in [1.82, 2.24) is 0 Å². The van der Waals surface area contributed by atoms with Gasteiger partial charge in [0, 0.05) is 23.8 Å². The van der Waals surface area contributed by atoms with E-state index in [9.17, 15) is 4.79 Å². The molecule has 3 rings (SSSR count). The second kappa shape index (κ2) is 5.34. The SMILES string of the molecule is Cc1ccc(C)c(C(=O)N2CCC(N)c3ccccc32)c1. The first-order valence-electron chi connectivity index (χ1n) is 7.31. The molecule has 0 bridgehead atoms. The van der Waals surface area contributed by atoms with E-state index in [1.807, 2.05) is 61.2 Å². The van der Waals surface area contributed by atoms with Crippen molar-refractivity contribution in [3.8, 4) is 0 Å². The Morgan fingerprint density at radius 1 is 1.19 bits per heavy atom. The zero-order valence-corrected chi connectivity index (χ0v) is 12.5. The lowest BCUT2D eigenvalue weighted by Crippen LogP contribution is -2.38. The van der Waals surface area contributed by atoms with E-state index in [1.165, 1.54) is 0 Å². The third-order valence-electron chi connectivity index (χ3n) is 4.16. The minimum atomic E-state index is 0.0175. The molecule has 1 aliphatic rings. The molecule has 1 amide bonds. The number of aryl methyl sites for hydroxylation is 2. The van der Waals surface area contributed by atoms with Crippen LogP contribution in [0, 0.1) is 13.8 Å². The van der Waals surface area contributed by atoms with Gasteiger partial charge < -0.3 is 10.6 Å². The number of nitrogens with two attached hydrogens (primary N) is 1. The summed E-state index contributed by atoms with van der Waals surface area (Å²) in [6.45, 7) is 4.66. The Hall–Kier alpha value is -2.13. The van der Waals surface area contributed by atoms with Gasteiger partial charge in [0.25, 0.3) is 5.91 Å². The maximum absolute atomic E-state index is 12.9. The van der Waals surface area contributed by atoms with Gasteiger partial charge in [-0.1, -0.05) is 35.9 Å². The van der Waals surface area contributed by atoms with Crippen LogP contribution in [-0.2, 0) is 0 Å². The van der Waals surface area contributed by atoms with Crippen LogP contribution in [-0.4, -0.2) is 12.5 Å². The summed E-state index contributed by atoms with van der Waals surface area (Å²) in [5.74, 6) is 0.0653. The number of para-hydroxylation sites is 1. The van der Waals surface area contributed by atoms with E-state index < -0.39 is 0 Å². The number of anilines is 1. The van der Waals surface area contributed by atoms with E-state index in [-0.39, 0.29) is 11.9 Å². The second-order valence-electron chi connectivity index (χ2n) is 5.73. The highest BCUT2D eigenvalue weighted by Crippen LogP contribution is 2.33. The fourth-order valence-corrected chi connectivity index (χ4v) is 2.91. The topological polar surface area (TPSA) is 46.3 Å². The molecule has 3 nitrogen and oxygen atoms in total. The van der Waals surface area contributed by atoms with E-state index in [1.54, 1.807) is 0 Å². The summed E-state index contributed by atoms with van der Waals surface area (Å²) in [5.41, 5.74) is 11.1. The molecule has 1 atom stereocenters. The molecule has 1 heterocycles. The van der Waals surface area contributed by atoms with Crippen molar-refractivity contribution in [2.24, 2.45) is 5.73 Å². The lowest BCUT2D eigenvalue weighted by molar-refractivity contribution is 0.0983. The van der Waals surface area contributed by atoms with Gasteiger partial charge in [-0.05, 0) is 43.5 Å². The van der Waals surface area contributed by atoms with Crippen molar-refractivity contribution in [1.29, 1.82) is 0 Å². The van der Waals surface area contributed by atoms with Crippen LogP contribution in [0.25, 0.3) is 0 Å². The van der Waals surface area contributed by atoms with Crippen molar-refractivity contribution >= 4 is 11.6 Å². The van der Waals surface area contributed by atoms with Crippen LogP contribution in [0.4, 0.5) is 5.69 Å². The average Bonchev–Trinajstić information content (AvgIpc) is 2.50. The van der Waals surface area contributed by atoms with Crippen LogP contribution in [0.5, 0.6) is 0 Å². The zero-order chi connectivity index (χ0) is 15.0. The fraction of sp³-hybridized carbons (Fsp3) is 0.278. The van der Waals surface area contributed by atoms with E-state index in [4.69, 9.17) is 5.73 Å². The van der Waals surface area contributed by atoms with Gasteiger partial charge in [0.2, 0.25) is 0 Å². The van der Waals surface area contributed by atoms with E-state index in [0.717, 1.165) is 34.4 Å². The summed E-state index contributed by atoms with van der Waals surface area (Å²) in [5, 5.41) is 0. The molecule has 1 unspecified atom stereocenters. The summed E-state index contributed by atoms with van der Waals surface area (Å²) >= 11 is 0. The zero-order valence-electron chi connectivity index (χ0n) is 12.5. The van der Waals surface area contributed by atoms with Gasteiger partial charge in [0.05, 0.1) is 0 Å². The van der Waals surface area contributed by atoms with Crippen LogP contribution in [0.3, 0.4) is 0 Å². The number of nitrogens with zero attached hydrogens (tertiary/aromatic N) is 1. The largest absolute Gasteiger partial charge is 0.324 e. The van der Waals surface area contributed by atoms with Crippen LogP contribution in [0.2, 0.25) is 0 Å². The standard InChI is InChI=1S/C18H20N2O/c1-12-7-8-13(2)15(11-12)18(21)20-10-9-16(19)14-5-3-4-6-17(14)20/h3-8,11,16H,9-10,19H2,1-2H3. The lowest BCUT2D eigenvalue weighted by Gasteiger charge is -2.33. The number of hydrogen-bond acceptors (Lipinski definition) is 2. The van der Waals surface area contributed by atoms with Crippen molar-refractivity contribution in [2.45, 2.75) is 26.3 Å². The molecule has 2 aromatic carbocycles. The van der Waals surface area contributed by atoms with Gasteiger partial charge in [0.15, 0.2) is 0 Å². The van der Waals surface area contributed by atoms with E-state index in [0.29, 0.717) is 6.54 Å². The van der Waals surface area contributed by atoms with Gasteiger partial charge in [-0.3, -0.25) is 4.79 Å². The molecule has 0 saturated carbocycles. The van der Waals surface area contributed by atoms with Crippen molar-refractivity contribution in [2.75, 3.05) is 11.4 Å². The highest BCUT2D eigenvalue weighted by Gasteiger charge is 2.27. The summed E-state index contributed by atoms with van der Waals surface area (Å²) < 4.78 is 0. The summed E-state index contributed by atoms with van der Waals surface area (Å²) in [6.07, 6.45) is 0.799. The Balaban J connectivity index is 2.03. The smallest absolute Gasteiger partial charge is 0.258 e. The molecule has 0 saturated heterocycles. The molecule has 108 valence electrons. The molecule has 1 aliphatic heterocycles. The average molecular weight is 280 g/mol. The highest BCUT2D eigenvalue weighted by atomic mass is 16.2. The van der Waals surface area contributed by atoms with Crippen LogP contribution in [0.15, 0.2) is 42.5 Å². The normalized spacial score (nSPS) is 17.5.